The van der Waals surface area contributed by atoms with Crippen molar-refractivity contribution >= 4 is 21.4 Å². The Hall–Kier alpha value is -2.34. The molecule has 6 heteroatoms. The van der Waals surface area contributed by atoms with Gasteiger partial charge in [0.15, 0.2) is 9.84 Å². The summed E-state index contributed by atoms with van der Waals surface area (Å²) < 4.78 is 24.7. The van der Waals surface area contributed by atoms with Crippen LogP contribution in [-0.4, -0.2) is 24.7 Å². The molecule has 1 unspecified atom stereocenters. The van der Waals surface area contributed by atoms with Crippen LogP contribution in [0.15, 0.2) is 53.4 Å². The first-order valence-electron chi connectivity index (χ1n) is 6.72. The maximum atomic E-state index is 12.4. The van der Waals surface area contributed by atoms with Gasteiger partial charge in [0.05, 0.1) is 4.90 Å². The van der Waals surface area contributed by atoms with Crippen LogP contribution in [0.4, 0.5) is 5.69 Å². The van der Waals surface area contributed by atoms with E-state index in [9.17, 15) is 18.3 Å². The molecule has 0 aromatic heterocycles. The van der Waals surface area contributed by atoms with Gasteiger partial charge in [-0.1, -0.05) is 24.3 Å². The fourth-order valence-corrected chi connectivity index (χ4v) is 3.17. The Morgan fingerprint density at radius 2 is 1.77 bits per heavy atom. The fraction of sp³-hybridized carbons (Fsp3) is 0.188. The van der Waals surface area contributed by atoms with E-state index >= 15 is 0 Å². The Kier molecular flexibility index (Phi) is 4.51. The van der Waals surface area contributed by atoms with Gasteiger partial charge in [-0.05, 0) is 37.6 Å². The lowest BCUT2D eigenvalue weighted by molar-refractivity contribution is -0.115. The van der Waals surface area contributed by atoms with Crippen molar-refractivity contribution < 1.29 is 18.3 Å². The number of aryl methyl sites for hydroxylation is 1. The largest absolute Gasteiger partial charge is 0.508 e. The summed E-state index contributed by atoms with van der Waals surface area (Å²) in [6.45, 7) is 3.06. The van der Waals surface area contributed by atoms with E-state index in [1.807, 2.05) is 0 Å². The molecule has 0 radical (unpaired) electrons. The molecule has 0 aliphatic rings. The van der Waals surface area contributed by atoms with Crippen molar-refractivity contribution in [3.8, 4) is 5.75 Å². The Labute approximate surface area is 129 Å². The van der Waals surface area contributed by atoms with Gasteiger partial charge in [0, 0.05) is 11.8 Å². The van der Waals surface area contributed by atoms with Crippen LogP contribution in [0.5, 0.6) is 5.75 Å². The molecule has 0 fully saturated rings. The smallest absolute Gasteiger partial charge is 0.242 e. The van der Waals surface area contributed by atoms with Gasteiger partial charge in [-0.3, -0.25) is 4.79 Å². The molecular weight excluding hydrogens is 302 g/mol. The average molecular weight is 319 g/mol. The van der Waals surface area contributed by atoms with Crippen LogP contribution >= 0.6 is 0 Å². The van der Waals surface area contributed by atoms with Crippen LogP contribution in [-0.2, 0) is 14.6 Å². The van der Waals surface area contributed by atoms with Gasteiger partial charge in [-0.25, -0.2) is 8.42 Å². The first kappa shape index (κ1) is 16.0. The molecule has 2 aromatic rings. The third-order valence-corrected chi connectivity index (χ3v) is 5.46. The second kappa shape index (κ2) is 6.19. The maximum absolute atomic E-state index is 12.4. The number of anilines is 1. The first-order chi connectivity index (χ1) is 10.3. The van der Waals surface area contributed by atoms with Crippen LogP contribution in [0.2, 0.25) is 0 Å². The molecule has 0 heterocycles. The Morgan fingerprint density at radius 1 is 1.14 bits per heavy atom. The molecule has 22 heavy (non-hydrogen) atoms. The zero-order chi connectivity index (χ0) is 16.3. The summed E-state index contributed by atoms with van der Waals surface area (Å²) in [5.74, 6) is -0.608. The average Bonchev–Trinajstić information content (AvgIpc) is 2.51. The minimum absolute atomic E-state index is 0.0383. The van der Waals surface area contributed by atoms with Crippen molar-refractivity contribution in [3.63, 3.8) is 0 Å². The van der Waals surface area contributed by atoms with E-state index in [0.29, 0.717) is 11.3 Å². The van der Waals surface area contributed by atoms with E-state index in [1.165, 1.54) is 25.1 Å². The van der Waals surface area contributed by atoms with E-state index in [4.69, 9.17) is 0 Å². The first-order valence-corrected chi connectivity index (χ1v) is 8.26. The lowest BCUT2D eigenvalue weighted by Crippen LogP contribution is -2.32. The number of sulfone groups is 1. The zero-order valence-electron chi connectivity index (χ0n) is 12.3. The number of aromatic hydroxyl groups is 1. The molecule has 0 saturated carbocycles. The number of benzene rings is 2. The number of nitrogens with one attached hydrogen (secondary N) is 1. The number of hydrogen-bond acceptors (Lipinski definition) is 4. The van der Waals surface area contributed by atoms with E-state index in [-0.39, 0.29) is 10.6 Å². The van der Waals surface area contributed by atoms with Gasteiger partial charge in [0.25, 0.3) is 0 Å². The number of hydrogen-bond donors (Lipinski definition) is 2. The number of carbonyl (C=O) groups is 1. The Morgan fingerprint density at radius 3 is 2.36 bits per heavy atom. The second-order valence-electron chi connectivity index (χ2n) is 4.99. The highest BCUT2D eigenvalue weighted by Crippen LogP contribution is 2.22. The van der Waals surface area contributed by atoms with Crippen LogP contribution in [0.25, 0.3) is 0 Å². The van der Waals surface area contributed by atoms with Gasteiger partial charge in [-0.2, -0.15) is 0 Å². The van der Waals surface area contributed by atoms with Crippen molar-refractivity contribution in [3.05, 3.63) is 54.1 Å². The maximum Gasteiger partial charge on any atom is 0.242 e. The molecule has 2 rings (SSSR count). The molecule has 2 aromatic carbocycles. The molecule has 0 bridgehead atoms. The highest BCUT2D eigenvalue weighted by atomic mass is 32.2. The van der Waals surface area contributed by atoms with Gasteiger partial charge in [0.1, 0.15) is 11.0 Å². The van der Waals surface area contributed by atoms with E-state index < -0.39 is 21.0 Å². The molecule has 0 aliphatic carbocycles. The zero-order valence-corrected chi connectivity index (χ0v) is 13.1. The monoisotopic (exact) mass is 319 g/mol. The summed E-state index contributed by atoms with van der Waals surface area (Å²) in [6, 6.07) is 12.5. The van der Waals surface area contributed by atoms with Gasteiger partial charge >= 0.3 is 0 Å². The lowest BCUT2D eigenvalue weighted by Gasteiger charge is -2.14. The SMILES string of the molecule is Cc1ccc(NC(=O)C(C)S(=O)(=O)c2ccccc2)cc1O. The number of rotatable bonds is 4. The summed E-state index contributed by atoms with van der Waals surface area (Å²) in [4.78, 5) is 12.3. The van der Waals surface area contributed by atoms with E-state index in [1.54, 1.807) is 37.3 Å². The predicted octanol–water partition coefficient (Wildman–Crippen LogP) is 2.50. The van der Waals surface area contributed by atoms with Crippen molar-refractivity contribution in [1.29, 1.82) is 0 Å². The number of phenols is 1. The predicted molar refractivity (Wildman–Crippen MR) is 84.6 cm³/mol. The number of phenolic OH excluding ortho intramolecular Hbond substituents is 1. The molecule has 5 nitrogen and oxygen atoms in total. The summed E-state index contributed by atoms with van der Waals surface area (Å²) >= 11 is 0. The minimum atomic E-state index is -3.75. The molecule has 116 valence electrons. The van der Waals surface area contributed by atoms with Crippen molar-refractivity contribution in [2.45, 2.75) is 24.0 Å². The Bertz CT molecular complexity index is 785. The molecule has 0 spiro atoms. The van der Waals surface area contributed by atoms with Crippen LogP contribution in [0.1, 0.15) is 12.5 Å². The van der Waals surface area contributed by atoms with Crippen LogP contribution in [0.3, 0.4) is 0 Å². The summed E-state index contributed by atoms with van der Waals surface area (Å²) in [5.41, 5.74) is 1.02. The molecule has 1 amide bonds. The van der Waals surface area contributed by atoms with E-state index in [2.05, 4.69) is 5.32 Å². The van der Waals surface area contributed by atoms with Crippen molar-refractivity contribution in [2.24, 2.45) is 0 Å². The van der Waals surface area contributed by atoms with E-state index in [0.717, 1.165) is 0 Å². The van der Waals surface area contributed by atoms with Gasteiger partial charge in [-0.15, -0.1) is 0 Å². The number of amides is 1. The van der Waals surface area contributed by atoms with Gasteiger partial charge in [0.2, 0.25) is 5.91 Å². The van der Waals surface area contributed by atoms with Crippen molar-refractivity contribution in [2.75, 3.05) is 5.32 Å². The highest BCUT2D eigenvalue weighted by Gasteiger charge is 2.29. The fourth-order valence-electron chi connectivity index (χ4n) is 1.89. The lowest BCUT2D eigenvalue weighted by atomic mass is 10.2. The highest BCUT2D eigenvalue weighted by molar-refractivity contribution is 7.92. The topological polar surface area (TPSA) is 83.5 Å². The standard InChI is InChI=1S/C16H17NO4S/c1-11-8-9-13(10-15(11)18)17-16(19)12(2)22(20,21)14-6-4-3-5-7-14/h3-10,12,18H,1-2H3,(H,17,19). The van der Waals surface area contributed by atoms with Crippen LogP contribution < -0.4 is 5.32 Å². The normalized spacial score (nSPS) is 12.6. The third kappa shape index (κ3) is 3.28. The van der Waals surface area contributed by atoms with Gasteiger partial charge < -0.3 is 10.4 Å². The third-order valence-electron chi connectivity index (χ3n) is 3.38. The van der Waals surface area contributed by atoms with Crippen molar-refractivity contribution in [1.82, 2.24) is 0 Å². The summed E-state index contributed by atoms with van der Waals surface area (Å²) in [5, 5.41) is 10.9. The molecule has 2 N–H and O–H groups in total. The summed E-state index contributed by atoms with van der Waals surface area (Å²) in [7, 11) is -3.75. The molecular formula is C16H17NO4S. The molecule has 0 saturated heterocycles. The second-order valence-corrected chi connectivity index (χ2v) is 7.26. The van der Waals surface area contributed by atoms with Crippen LogP contribution in [0, 0.1) is 6.92 Å². The quantitative estimate of drug-likeness (QED) is 0.907. The molecule has 1 atom stereocenters. The Balaban J connectivity index is 2.20. The molecule has 0 aliphatic heterocycles. The number of carbonyl (C=O) groups excluding carboxylic acids is 1. The summed E-state index contributed by atoms with van der Waals surface area (Å²) in [6.07, 6.45) is 0. The minimum Gasteiger partial charge on any atom is -0.508 e.